The molecule has 0 spiro atoms. The van der Waals surface area contributed by atoms with Crippen LogP contribution in [-0.2, 0) is 0 Å². The van der Waals surface area contributed by atoms with Gasteiger partial charge in [0.1, 0.15) is 17.2 Å². The van der Waals surface area contributed by atoms with Crippen molar-refractivity contribution in [2.45, 2.75) is 38.3 Å². The molecule has 1 N–H and O–H groups in total. The second-order valence-corrected chi connectivity index (χ2v) is 4.98. The van der Waals surface area contributed by atoms with Crippen LogP contribution in [0.1, 0.15) is 36.5 Å². The van der Waals surface area contributed by atoms with Gasteiger partial charge >= 0.3 is 0 Å². The van der Waals surface area contributed by atoms with Gasteiger partial charge in [-0.25, -0.2) is 8.78 Å². The number of hydrogen-bond acceptors (Lipinski definition) is 2. The molecule has 1 aliphatic rings. The van der Waals surface area contributed by atoms with Gasteiger partial charge < -0.3 is 10.0 Å². The number of nitrogens with zero attached hydrogens (tertiary/aromatic N) is 1. The highest BCUT2D eigenvalue weighted by Crippen LogP contribution is 2.25. The zero-order valence-corrected chi connectivity index (χ0v) is 10.8. The van der Waals surface area contributed by atoms with Gasteiger partial charge in [0.15, 0.2) is 0 Å². The molecule has 1 amide bonds. The zero-order chi connectivity index (χ0) is 14.0. The highest BCUT2D eigenvalue weighted by atomic mass is 19.1. The van der Waals surface area contributed by atoms with E-state index in [0.717, 1.165) is 25.0 Å². The first kappa shape index (κ1) is 13.9. The van der Waals surface area contributed by atoms with E-state index in [1.807, 2.05) is 0 Å². The summed E-state index contributed by atoms with van der Waals surface area (Å²) in [5, 5.41) is 9.41. The summed E-state index contributed by atoms with van der Waals surface area (Å²) in [6.07, 6.45) is 1.44. The van der Waals surface area contributed by atoms with E-state index in [1.165, 1.54) is 11.0 Å². The molecule has 0 aliphatic carbocycles. The molecule has 2 unspecified atom stereocenters. The summed E-state index contributed by atoms with van der Waals surface area (Å²) >= 11 is 0. The maximum absolute atomic E-state index is 13.6. The molecule has 104 valence electrons. The molecule has 0 saturated carbocycles. The number of hydrogen-bond donors (Lipinski definition) is 1. The van der Waals surface area contributed by atoms with Gasteiger partial charge in [-0.1, -0.05) is 6.07 Å². The molecule has 0 radical (unpaired) electrons. The van der Waals surface area contributed by atoms with E-state index in [2.05, 4.69) is 0 Å². The number of likely N-dealkylation sites (tertiary alicyclic amines) is 1. The van der Waals surface area contributed by atoms with Gasteiger partial charge in [-0.3, -0.25) is 4.79 Å². The van der Waals surface area contributed by atoms with Crippen LogP contribution in [-0.4, -0.2) is 34.6 Å². The van der Waals surface area contributed by atoms with E-state index in [0.29, 0.717) is 13.0 Å². The molecule has 1 heterocycles. The number of amides is 1. The van der Waals surface area contributed by atoms with Gasteiger partial charge in [0.05, 0.1) is 6.10 Å². The molecule has 5 heteroatoms. The fraction of sp³-hybridized carbons (Fsp3) is 0.500. The maximum atomic E-state index is 13.6. The predicted octanol–water partition coefficient (Wildman–Crippen LogP) is 2.34. The largest absolute Gasteiger partial charge is 0.393 e. The molecule has 1 aliphatic heterocycles. The summed E-state index contributed by atoms with van der Waals surface area (Å²) in [4.78, 5) is 13.7. The Morgan fingerprint density at radius 1 is 1.47 bits per heavy atom. The first-order valence-corrected chi connectivity index (χ1v) is 6.43. The van der Waals surface area contributed by atoms with Gasteiger partial charge in [-0.2, -0.15) is 0 Å². The van der Waals surface area contributed by atoms with Crippen molar-refractivity contribution >= 4 is 5.91 Å². The lowest BCUT2D eigenvalue weighted by Gasteiger charge is -2.26. The number of carbonyl (C=O) groups excluding carboxylic acids is 1. The summed E-state index contributed by atoms with van der Waals surface area (Å²) in [6, 6.07) is 3.25. The van der Waals surface area contributed by atoms with E-state index in [1.54, 1.807) is 6.92 Å². The molecular weight excluding hydrogens is 252 g/mol. The van der Waals surface area contributed by atoms with Crippen LogP contribution in [0.5, 0.6) is 0 Å². The number of rotatable bonds is 3. The highest BCUT2D eigenvalue weighted by Gasteiger charge is 2.32. The normalized spacial score (nSPS) is 20.6. The van der Waals surface area contributed by atoms with Crippen LogP contribution in [0.25, 0.3) is 0 Å². The molecule has 3 nitrogen and oxygen atoms in total. The first-order chi connectivity index (χ1) is 9.00. The van der Waals surface area contributed by atoms with Crippen LogP contribution in [0, 0.1) is 11.6 Å². The van der Waals surface area contributed by atoms with E-state index in [9.17, 15) is 18.7 Å². The molecule has 0 aromatic heterocycles. The standard InChI is InChI=1S/C14H17F2NO2/c1-9(18)8-10-4-3-7-17(10)14(19)13-11(15)5-2-6-12(13)16/h2,5-6,9-10,18H,3-4,7-8H2,1H3. The molecule has 2 rings (SSSR count). The fourth-order valence-electron chi connectivity index (χ4n) is 2.59. The van der Waals surface area contributed by atoms with Crippen molar-refractivity contribution in [3.63, 3.8) is 0 Å². The molecule has 1 aromatic rings. The lowest BCUT2D eigenvalue weighted by molar-refractivity contribution is 0.0672. The quantitative estimate of drug-likeness (QED) is 0.915. The molecule has 19 heavy (non-hydrogen) atoms. The highest BCUT2D eigenvalue weighted by molar-refractivity contribution is 5.95. The Hall–Kier alpha value is -1.49. The van der Waals surface area contributed by atoms with E-state index in [4.69, 9.17) is 0 Å². The fourth-order valence-corrected chi connectivity index (χ4v) is 2.59. The van der Waals surface area contributed by atoms with Gasteiger partial charge in [-0.05, 0) is 38.3 Å². The van der Waals surface area contributed by atoms with Crippen molar-refractivity contribution in [1.29, 1.82) is 0 Å². The number of carbonyl (C=O) groups is 1. The molecule has 0 bridgehead atoms. The van der Waals surface area contributed by atoms with Crippen LogP contribution >= 0.6 is 0 Å². The van der Waals surface area contributed by atoms with Crippen molar-refractivity contribution in [3.8, 4) is 0 Å². The summed E-state index contributed by atoms with van der Waals surface area (Å²) in [5.41, 5.74) is -0.500. The van der Waals surface area contributed by atoms with E-state index in [-0.39, 0.29) is 6.04 Å². The van der Waals surface area contributed by atoms with Gasteiger partial charge in [0.25, 0.3) is 5.91 Å². The Morgan fingerprint density at radius 2 is 2.11 bits per heavy atom. The minimum atomic E-state index is -0.840. The van der Waals surface area contributed by atoms with Crippen LogP contribution in [0.15, 0.2) is 18.2 Å². The van der Waals surface area contributed by atoms with Crippen molar-refractivity contribution in [3.05, 3.63) is 35.4 Å². The van der Waals surface area contributed by atoms with Gasteiger partial charge in [0.2, 0.25) is 0 Å². The van der Waals surface area contributed by atoms with Crippen LogP contribution in [0.3, 0.4) is 0 Å². The second kappa shape index (κ2) is 5.65. The van der Waals surface area contributed by atoms with E-state index >= 15 is 0 Å². The molecule has 2 atom stereocenters. The Bertz CT molecular complexity index is 456. The number of aliphatic hydroxyl groups is 1. The predicted molar refractivity (Wildman–Crippen MR) is 66.7 cm³/mol. The molecule has 1 fully saturated rings. The Kier molecular flexibility index (Phi) is 4.14. The first-order valence-electron chi connectivity index (χ1n) is 6.43. The third kappa shape index (κ3) is 2.92. The third-order valence-electron chi connectivity index (χ3n) is 3.43. The second-order valence-electron chi connectivity index (χ2n) is 4.98. The summed E-state index contributed by atoms with van der Waals surface area (Å²) in [7, 11) is 0. The van der Waals surface area contributed by atoms with Gasteiger partial charge in [0, 0.05) is 12.6 Å². The monoisotopic (exact) mass is 269 g/mol. The Labute approximate surface area is 110 Å². The summed E-state index contributed by atoms with van der Waals surface area (Å²) in [6.45, 7) is 2.12. The van der Waals surface area contributed by atoms with Crippen LogP contribution in [0.2, 0.25) is 0 Å². The van der Waals surface area contributed by atoms with Crippen molar-refractivity contribution < 1.29 is 18.7 Å². The van der Waals surface area contributed by atoms with Gasteiger partial charge in [-0.15, -0.1) is 0 Å². The van der Waals surface area contributed by atoms with Crippen molar-refractivity contribution in [2.24, 2.45) is 0 Å². The van der Waals surface area contributed by atoms with Crippen LogP contribution in [0.4, 0.5) is 8.78 Å². The average molecular weight is 269 g/mol. The minimum Gasteiger partial charge on any atom is -0.393 e. The molecule has 1 aromatic carbocycles. The smallest absolute Gasteiger partial charge is 0.260 e. The van der Waals surface area contributed by atoms with E-state index < -0.39 is 29.2 Å². The van der Waals surface area contributed by atoms with Crippen LogP contribution < -0.4 is 0 Å². The lowest BCUT2D eigenvalue weighted by Crippen LogP contribution is -2.38. The SMILES string of the molecule is CC(O)CC1CCCN1C(=O)c1c(F)cccc1F. The maximum Gasteiger partial charge on any atom is 0.260 e. The van der Waals surface area contributed by atoms with Crippen molar-refractivity contribution in [2.75, 3.05) is 6.54 Å². The third-order valence-corrected chi connectivity index (χ3v) is 3.43. The number of halogens is 2. The minimum absolute atomic E-state index is 0.147. The molecule has 1 saturated heterocycles. The van der Waals surface area contributed by atoms with Crippen molar-refractivity contribution in [1.82, 2.24) is 4.90 Å². The topological polar surface area (TPSA) is 40.5 Å². The number of benzene rings is 1. The Morgan fingerprint density at radius 3 is 2.68 bits per heavy atom. The molecular formula is C14H17F2NO2. The summed E-state index contributed by atoms with van der Waals surface area (Å²) < 4.78 is 27.2. The Balaban J connectivity index is 2.23. The number of aliphatic hydroxyl groups excluding tert-OH is 1. The summed E-state index contributed by atoms with van der Waals surface area (Å²) in [5.74, 6) is -2.31. The zero-order valence-electron chi connectivity index (χ0n) is 10.8. The lowest BCUT2D eigenvalue weighted by atomic mass is 10.1. The average Bonchev–Trinajstić information content (AvgIpc) is 2.75.